The summed E-state index contributed by atoms with van der Waals surface area (Å²) < 4.78 is 25.2. The maximum Gasteiger partial charge on any atom is 0.323 e. The maximum absolute atomic E-state index is 12.5. The number of aliphatic carboxylic acids is 1. The number of nitrogens with zero attached hydrogens (tertiary/aromatic N) is 2. The van der Waals surface area contributed by atoms with Gasteiger partial charge in [0.25, 0.3) is 0 Å². The number of sulfonamides is 1. The SMILES string of the molecule is CCCN(CC(=O)NCC(NS(=O)(=O)CC)C(=O)O)C(=O)CCCc1ccncc1. The number of rotatable bonds is 14. The number of aryl methyl sites for hydroxylation is 1. The Hall–Kier alpha value is -2.53. The third kappa shape index (κ3) is 9.79. The van der Waals surface area contributed by atoms with Crippen LogP contribution in [0.25, 0.3) is 0 Å². The normalized spacial score (nSPS) is 12.2. The van der Waals surface area contributed by atoms with E-state index >= 15 is 0 Å². The summed E-state index contributed by atoms with van der Waals surface area (Å²) in [5.41, 5.74) is 1.08. The molecular weight excluding hydrogens is 412 g/mol. The smallest absolute Gasteiger partial charge is 0.323 e. The molecule has 0 aliphatic rings. The van der Waals surface area contributed by atoms with E-state index in [-0.39, 0.29) is 24.6 Å². The van der Waals surface area contributed by atoms with E-state index in [1.54, 1.807) is 12.4 Å². The van der Waals surface area contributed by atoms with Gasteiger partial charge in [0.1, 0.15) is 6.04 Å². The Labute approximate surface area is 177 Å². The van der Waals surface area contributed by atoms with E-state index in [1.165, 1.54) is 11.8 Å². The Kier molecular flexibility index (Phi) is 11.0. The number of hydrogen-bond acceptors (Lipinski definition) is 6. The van der Waals surface area contributed by atoms with Gasteiger partial charge in [0.15, 0.2) is 0 Å². The molecule has 1 atom stereocenters. The molecule has 2 amide bonds. The quantitative estimate of drug-likeness (QED) is 0.372. The molecule has 0 aliphatic carbocycles. The van der Waals surface area contributed by atoms with Crippen LogP contribution in [0.2, 0.25) is 0 Å². The Bertz CT molecular complexity index is 801. The van der Waals surface area contributed by atoms with Crippen LogP contribution in [-0.2, 0) is 30.8 Å². The fourth-order valence-corrected chi connectivity index (χ4v) is 3.42. The molecule has 11 heteroatoms. The average molecular weight is 443 g/mol. The lowest BCUT2D eigenvalue weighted by Crippen LogP contribution is -2.50. The van der Waals surface area contributed by atoms with Gasteiger partial charge in [-0.2, -0.15) is 4.72 Å². The molecule has 0 aromatic carbocycles. The van der Waals surface area contributed by atoms with Crippen LogP contribution in [0.15, 0.2) is 24.5 Å². The van der Waals surface area contributed by atoms with Crippen LogP contribution in [0, 0.1) is 0 Å². The summed E-state index contributed by atoms with van der Waals surface area (Å²) in [6.07, 6.45) is 5.68. The number of hydrogen-bond donors (Lipinski definition) is 3. The second-order valence-electron chi connectivity index (χ2n) is 6.74. The van der Waals surface area contributed by atoms with Gasteiger partial charge in [0, 0.05) is 31.9 Å². The van der Waals surface area contributed by atoms with Crippen molar-refractivity contribution in [2.75, 3.05) is 25.4 Å². The van der Waals surface area contributed by atoms with E-state index in [9.17, 15) is 22.8 Å². The average Bonchev–Trinajstić information content (AvgIpc) is 2.71. The highest BCUT2D eigenvalue weighted by Crippen LogP contribution is 2.06. The molecule has 1 aromatic heterocycles. The molecule has 0 bridgehead atoms. The van der Waals surface area contributed by atoms with Crippen LogP contribution < -0.4 is 10.0 Å². The number of carboxylic acids is 1. The highest BCUT2D eigenvalue weighted by Gasteiger charge is 2.24. The topological polar surface area (TPSA) is 146 Å². The third-order valence-corrected chi connectivity index (χ3v) is 5.69. The van der Waals surface area contributed by atoms with Crippen LogP contribution in [0.4, 0.5) is 0 Å². The van der Waals surface area contributed by atoms with Crippen molar-refractivity contribution in [1.82, 2.24) is 19.9 Å². The van der Waals surface area contributed by atoms with E-state index in [0.29, 0.717) is 19.4 Å². The van der Waals surface area contributed by atoms with Crippen LogP contribution in [0.3, 0.4) is 0 Å². The number of amides is 2. The summed E-state index contributed by atoms with van der Waals surface area (Å²) in [6.45, 7) is 3.03. The molecule has 1 rings (SSSR count). The summed E-state index contributed by atoms with van der Waals surface area (Å²) in [7, 11) is -3.74. The second kappa shape index (κ2) is 12.9. The van der Waals surface area contributed by atoms with Gasteiger partial charge in [-0.3, -0.25) is 19.4 Å². The molecule has 0 saturated carbocycles. The Morgan fingerprint density at radius 2 is 1.87 bits per heavy atom. The van der Waals surface area contributed by atoms with E-state index in [4.69, 9.17) is 5.11 Å². The van der Waals surface area contributed by atoms with Crippen LogP contribution in [0.5, 0.6) is 0 Å². The van der Waals surface area contributed by atoms with E-state index in [0.717, 1.165) is 12.0 Å². The predicted molar refractivity (Wildman–Crippen MR) is 111 cm³/mol. The van der Waals surface area contributed by atoms with Gasteiger partial charge in [-0.25, -0.2) is 8.42 Å². The zero-order valence-corrected chi connectivity index (χ0v) is 18.2. The van der Waals surface area contributed by atoms with E-state index in [2.05, 4.69) is 10.3 Å². The lowest BCUT2D eigenvalue weighted by Gasteiger charge is -2.22. The fourth-order valence-electron chi connectivity index (χ4n) is 2.64. The monoisotopic (exact) mass is 442 g/mol. The summed E-state index contributed by atoms with van der Waals surface area (Å²) >= 11 is 0. The van der Waals surface area contributed by atoms with Crippen LogP contribution in [-0.4, -0.2) is 72.6 Å². The molecule has 10 nitrogen and oxygen atoms in total. The van der Waals surface area contributed by atoms with Gasteiger partial charge in [-0.05, 0) is 43.9 Å². The van der Waals surface area contributed by atoms with Crippen molar-refractivity contribution in [2.45, 2.75) is 45.6 Å². The molecule has 0 saturated heterocycles. The van der Waals surface area contributed by atoms with Gasteiger partial charge in [-0.15, -0.1) is 0 Å². The number of nitrogens with one attached hydrogen (secondary N) is 2. The van der Waals surface area contributed by atoms with Crippen molar-refractivity contribution in [3.05, 3.63) is 30.1 Å². The first kappa shape index (κ1) is 25.5. The zero-order valence-electron chi connectivity index (χ0n) is 17.3. The number of carbonyl (C=O) groups excluding carboxylic acids is 2. The highest BCUT2D eigenvalue weighted by atomic mass is 32.2. The van der Waals surface area contributed by atoms with Crippen molar-refractivity contribution in [2.24, 2.45) is 0 Å². The number of aromatic nitrogens is 1. The molecule has 1 unspecified atom stereocenters. The minimum atomic E-state index is -3.74. The van der Waals surface area contributed by atoms with Crippen molar-refractivity contribution in [3.63, 3.8) is 0 Å². The first-order valence-electron chi connectivity index (χ1n) is 9.84. The molecule has 0 aliphatic heterocycles. The predicted octanol–water partition coefficient (Wildman–Crippen LogP) is 0.152. The van der Waals surface area contributed by atoms with Gasteiger partial charge in [0.2, 0.25) is 21.8 Å². The maximum atomic E-state index is 12.5. The number of carbonyl (C=O) groups is 3. The minimum absolute atomic E-state index is 0.164. The van der Waals surface area contributed by atoms with E-state index in [1.807, 2.05) is 23.8 Å². The molecule has 1 heterocycles. The summed E-state index contributed by atoms with van der Waals surface area (Å²) in [4.78, 5) is 41.3. The second-order valence-corrected chi connectivity index (χ2v) is 8.78. The summed E-state index contributed by atoms with van der Waals surface area (Å²) in [5, 5.41) is 11.5. The van der Waals surface area contributed by atoms with Crippen molar-refractivity contribution >= 4 is 27.8 Å². The van der Waals surface area contributed by atoms with Gasteiger partial charge in [0.05, 0.1) is 12.3 Å². The molecular formula is C19H30N4O6S. The molecule has 168 valence electrons. The number of pyridine rings is 1. The van der Waals surface area contributed by atoms with Crippen molar-refractivity contribution in [3.8, 4) is 0 Å². The minimum Gasteiger partial charge on any atom is -0.480 e. The lowest BCUT2D eigenvalue weighted by molar-refractivity contribution is -0.139. The largest absolute Gasteiger partial charge is 0.480 e. The third-order valence-electron chi connectivity index (χ3n) is 4.29. The van der Waals surface area contributed by atoms with Crippen LogP contribution >= 0.6 is 0 Å². The first-order valence-corrected chi connectivity index (χ1v) is 11.5. The van der Waals surface area contributed by atoms with Gasteiger partial charge < -0.3 is 15.3 Å². The highest BCUT2D eigenvalue weighted by molar-refractivity contribution is 7.89. The van der Waals surface area contributed by atoms with Gasteiger partial charge in [-0.1, -0.05) is 6.92 Å². The lowest BCUT2D eigenvalue weighted by atomic mass is 10.1. The molecule has 0 radical (unpaired) electrons. The Morgan fingerprint density at radius 1 is 1.20 bits per heavy atom. The molecule has 30 heavy (non-hydrogen) atoms. The van der Waals surface area contributed by atoms with Gasteiger partial charge >= 0.3 is 5.97 Å². The fraction of sp³-hybridized carbons (Fsp3) is 0.579. The standard InChI is InChI=1S/C19H30N4O6S/c1-3-12-23(18(25)7-5-6-15-8-10-20-11-9-15)14-17(24)21-13-16(19(26)27)22-30(28,29)4-2/h8-11,16,22H,3-7,12-14H2,1-2H3,(H,21,24)(H,26,27). The van der Waals surface area contributed by atoms with Crippen LogP contribution in [0.1, 0.15) is 38.7 Å². The molecule has 0 spiro atoms. The van der Waals surface area contributed by atoms with Crippen molar-refractivity contribution < 1.29 is 27.9 Å². The molecule has 3 N–H and O–H groups in total. The summed E-state index contributed by atoms with van der Waals surface area (Å²) in [6, 6.07) is 2.29. The number of carboxylic acid groups (broad SMARTS) is 1. The Morgan fingerprint density at radius 3 is 2.43 bits per heavy atom. The van der Waals surface area contributed by atoms with Crippen molar-refractivity contribution in [1.29, 1.82) is 0 Å². The Balaban J connectivity index is 2.54. The first-order chi connectivity index (χ1) is 14.2. The zero-order chi connectivity index (χ0) is 22.6. The summed E-state index contributed by atoms with van der Waals surface area (Å²) in [5.74, 6) is -2.39. The molecule has 0 fully saturated rings. The molecule has 1 aromatic rings. The van der Waals surface area contributed by atoms with E-state index < -0.39 is 34.5 Å².